The molecule has 2 unspecified atom stereocenters. The Hall–Kier alpha value is -3.20. The van der Waals surface area contributed by atoms with Gasteiger partial charge >= 0.3 is 6.18 Å². The summed E-state index contributed by atoms with van der Waals surface area (Å²) in [5, 5.41) is 28.1. The van der Waals surface area contributed by atoms with Crippen LogP contribution in [0.3, 0.4) is 0 Å². The van der Waals surface area contributed by atoms with Crippen molar-refractivity contribution in [2.24, 2.45) is 0 Å². The number of halogens is 3. The van der Waals surface area contributed by atoms with Crippen molar-refractivity contribution >= 4 is 34.6 Å². The van der Waals surface area contributed by atoms with Crippen LogP contribution in [0.15, 0.2) is 36.4 Å². The summed E-state index contributed by atoms with van der Waals surface area (Å²) in [7, 11) is 0. The maximum absolute atomic E-state index is 13.5. The molecule has 2 heterocycles. The molecule has 184 valence electrons. The zero-order valence-corrected chi connectivity index (χ0v) is 19.7. The highest BCUT2D eigenvalue weighted by molar-refractivity contribution is 7.81. The van der Waals surface area contributed by atoms with Crippen molar-refractivity contribution in [3.63, 3.8) is 0 Å². The summed E-state index contributed by atoms with van der Waals surface area (Å²) in [6, 6.07) is 9.73. The van der Waals surface area contributed by atoms with Gasteiger partial charge in [-0.05, 0) is 80.9 Å². The molecule has 1 saturated heterocycles. The van der Waals surface area contributed by atoms with E-state index in [0.717, 1.165) is 22.6 Å². The first-order chi connectivity index (χ1) is 16.4. The fourth-order valence-electron chi connectivity index (χ4n) is 4.38. The standard InChI is InChI=1S/C24H22F3N3O4S/c1-23(2)21(33)29(15-5-3-14(11-28)17(10-15)24(25,26)27)22(35)30(23)16-6-8-19-13(9-16)4-7-20(34-19)18(32)12-31/h3,5-6,8-10,18,20,31-32H,4,7,12H2,1-2H3. The zero-order chi connectivity index (χ0) is 25.7. The minimum Gasteiger partial charge on any atom is -0.487 e. The number of carbonyl (C=O) groups excluding carboxylic acids is 1. The van der Waals surface area contributed by atoms with Crippen LogP contribution in [0.5, 0.6) is 5.75 Å². The van der Waals surface area contributed by atoms with Crippen LogP contribution < -0.4 is 14.5 Å². The lowest BCUT2D eigenvalue weighted by Gasteiger charge is -2.32. The van der Waals surface area contributed by atoms with E-state index in [-0.39, 0.29) is 10.8 Å². The summed E-state index contributed by atoms with van der Waals surface area (Å²) >= 11 is 5.57. The van der Waals surface area contributed by atoms with Crippen molar-refractivity contribution in [3.05, 3.63) is 53.1 Å². The van der Waals surface area contributed by atoms with Gasteiger partial charge < -0.3 is 19.8 Å². The molecule has 0 spiro atoms. The minimum atomic E-state index is -4.78. The van der Waals surface area contributed by atoms with E-state index >= 15 is 0 Å². The highest BCUT2D eigenvalue weighted by Gasteiger charge is 2.51. The van der Waals surface area contributed by atoms with E-state index < -0.39 is 47.6 Å². The van der Waals surface area contributed by atoms with Crippen LogP contribution in [-0.2, 0) is 17.4 Å². The monoisotopic (exact) mass is 505 g/mol. The molecule has 7 nitrogen and oxygen atoms in total. The van der Waals surface area contributed by atoms with E-state index in [1.54, 1.807) is 36.9 Å². The molecule has 35 heavy (non-hydrogen) atoms. The predicted molar refractivity (Wildman–Crippen MR) is 125 cm³/mol. The maximum atomic E-state index is 13.5. The van der Waals surface area contributed by atoms with Crippen LogP contribution in [0.4, 0.5) is 24.5 Å². The normalized spacial score (nSPS) is 20.3. The number of hydrogen-bond acceptors (Lipinski definition) is 6. The fraction of sp³-hybridized carbons (Fsp3) is 0.375. The zero-order valence-electron chi connectivity index (χ0n) is 18.8. The first-order valence-electron chi connectivity index (χ1n) is 10.8. The average molecular weight is 506 g/mol. The third-order valence-electron chi connectivity index (χ3n) is 6.25. The number of aliphatic hydroxyl groups excluding tert-OH is 2. The van der Waals surface area contributed by atoms with Gasteiger partial charge in [-0.25, -0.2) is 0 Å². The number of anilines is 2. The van der Waals surface area contributed by atoms with Gasteiger partial charge in [-0.15, -0.1) is 0 Å². The maximum Gasteiger partial charge on any atom is 0.417 e. The van der Waals surface area contributed by atoms with Crippen LogP contribution >= 0.6 is 12.2 Å². The first-order valence-corrected chi connectivity index (χ1v) is 11.2. The van der Waals surface area contributed by atoms with E-state index in [0.29, 0.717) is 24.3 Å². The molecule has 4 rings (SSSR count). The van der Waals surface area contributed by atoms with Crippen molar-refractivity contribution < 1.29 is 32.9 Å². The van der Waals surface area contributed by atoms with Gasteiger partial charge in [0, 0.05) is 5.69 Å². The number of aryl methyl sites for hydroxylation is 1. The summed E-state index contributed by atoms with van der Waals surface area (Å²) in [5.74, 6) is 0.0194. The lowest BCUT2D eigenvalue weighted by atomic mass is 9.97. The number of alkyl halides is 3. The van der Waals surface area contributed by atoms with E-state index in [9.17, 15) is 28.2 Å². The van der Waals surface area contributed by atoms with Crippen molar-refractivity contribution in [1.29, 1.82) is 5.26 Å². The van der Waals surface area contributed by atoms with Crippen LogP contribution in [0, 0.1) is 11.3 Å². The number of nitrogens with zero attached hydrogens (tertiary/aromatic N) is 3. The van der Waals surface area contributed by atoms with E-state index in [2.05, 4.69) is 0 Å². The van der Waals surface area contributed by atoms with Gasteiger partial charge in [-0.2, -0.15) is 18.4 Å². The fourth-order valence-corrected chi connectivity index (χ4v) is 4.90. The highest BCUT2D eigenvalue weighted by Crippen LogP contribution is 2.41. The summed E-state index contributed by atoms with van der Waals surface area (Å²) in [4.78, 5) is 16.0. The van der Waals surface area contributed by atoms with E-state index in [1.807, 2.05) is 0 Å². The smallest absolute Gasteiger partial charge is 0.417 e. The Kier molecular flexibility index (Phi) is 6.25. The Morgan fingerprint density at radius 1 is 1.26 bits per heavy atom. The number of hydrogen-bond donors (Lipinski definition) is 2. The second-order valence-corrected chi connectivity index (χ2v) is 9.26. The molecule has 2 aliphatic heterocycles. The number of benzene rings is 2. The lowest BCUT2D eigenvalue weighted by Crippen LogP contribution is -2.44. The third kappa shape index (κ3) is 4.22. The SMILES string of the molecule is CC1(C)C(=O)N(c2ccc(C#N)c(C(F)(F)F)c2)C(=S)N1c1ccc2c(c1)CCC(C(O)CO)O2. The van der Waals surface area contributed by atoms with Crippen LogP contribution in [0.25, 0.3) is 0 Å². The third-order valence-corrected chi connectivity index (χ3v) is 6.62. The van der Waals surface area contributed by atoms with Crippen molar-refractivity contribution in [3.8, 4) is 11.8 Å². The minimum absolute atomic E-state index is 0.00286. The van der Waals surface area contributed by atoms with Gasteiger partial charge in [-0.1, -0.05) is 0 Å². The molecule has 0 aliphatic carbocycles. The molecule has 2 atom stereocenters. The molecule has 11 heteroatoms. The van der Waals surface area contributed by atoms with Crippen LogP contribution in [0.2, 0.25) is 0 Å². The second kappa shape index (κ2) is 8.78. The summed E-state index contributed by atoms with van der Waals surface area (Å²) in [6.07, 6.45) is -5.30. The first kappa shape index (κ1) is 24.9. The lowest BCUT2D eigenvalue weighted by molar-refractivity contribution is -0.137. The number of rotatable bonds is 4. The number of nitriles is 1. The number of ether oxygens (including phenoxy) is 1. The van der Waals surface area contributed by atoms with Crippen LogP contribution in [0.1, 0.15) is 37.0 Å². The second-order valence-electron chi connectivity index (χ2n) is 8.89. The predicted octanol–water partition coefficient (Wildman–Crippen LogP) is 3.54. The van der Waals surface area contributed by atoms with Crippen LogP contribution in [-0.4, -0.2) is 45.6 Å². The van der Waals surface area contributed by atoms with Crippen molar-refractivity contribution in [2.75, 3.05) is 16.4 Å². The Bertz CT molecular complexity index is 1240. The molecule has 2 N–H and O–H groups in total. The molecule has 0 radical (unpaired) electrons. The largest absolute Gasteiger partial charge is 0.487 e. The molecule has 0 bridgehead atoms. The Balaban J connectivity index is 1.70. The Labute approximate surface area is 204 Å². The molecule has 2 aromatic rings. The molecule has 0 saturated carbocycles. The van der Waals surface area contributed by atoms with Gasteiger partial charge in [0.05, 0.1) is 29.5 Å². The average Bonchev–Trinajstić information content (AvgIpc) is 3.00. The highest BCUT2D eigenvalue weighted by atomic mass is 32.1. The van der Waals surface area contributed by atoms with Gasteiger partial charge in [0.1, 0.15) is 23.5 Å². The quantitative estimate of drug-likeness (QED) is 0.614. The summed E-state index contributed by atoms with van der Waals surface area (Å²) < 4.78 is 46.3. The number of amides is 1. The molecule has 2 aromatic carbocycles. The molecule has 1 amide bonds. The van der Waals surface area contributed by atoms with Crippen molar-refractivity contribution in [2.45, 2.75) is 50.6 Å². The topological polar surface area (TPSA) is 97.0 Å². The molecular formula is C24H22F3N3O4S. The summed E-state index contributed by atoms with van der Waals surface area (Å²) in [5.41, 5.74) is -1.61. The molecule has 1 fully saturated rings. The summed E-state index contributed by atoms with van der Waals surface area (Å²) in [6.45, 7) is 2.83. The van der Waals surface area contributed by atoms with E-state index in [4.69, 9.17) is 22.2 Å². The van der Waals surface area contributed by atoms with Crippen molar-refractivity contribution in [1.82, 2.24) is 0 Å². The molecule has 0 aromatic heterocycles. The molecular weight excluding hydrogens is 483 g/mol. The number of aliphatic hydroxyl groups is 2. The Morgan fingerprint density at radius 2 is 1.94 bits per heavy atom. The van der Waals surface area contributed by atoms with Gasteiger partial charge in [0.2, 0.25) is 0 Å². The number of fused-ring (bicyclic) bond motifs is 1. The molecule has 2 aliphatic rings. The van der Waals surface area contributed by atoms with Gasteiger partial charge in [-0.3, -0.25) is 9.69 Å². The number of carbonyl (C=O) groups is 1. The van der Waals surface area contributed by atoms with E-state index in [1.165, 1.54) is 12.1 Å². The Morgan fingerprint density at radius 3 is 2.57 bits per heavy atom. The number of thiocarbonyl (C=S) groups is 1. The van der Waals surface area contributed by atoms with Gasteiger partial charge in [0.25, 0.3) is 5.91 Å². The van der Waals surface area contributed by atoms with Gasteiger partial charge in [0.15, 0.2) is 5.11 Å².